The monoisotopic (exact) mass is 574 g/mol. The lowest BCUT2D eigenvalue weighted by Gasteiger charge is -2.39. The fourth-order valence-corrected chi connectivity index (χ4v) is 6.76. The van der Waals surface area contributed by atoms with Gasteiger partial charge >= 0.3 is 0 Å². The van der Waals surface area contributed by atoms with E-state index in [2.05, 4.69) is 27.7 Å². The summed E-state index contributed by atoms with van der Waals surface area (Å²) in [7, 11) is -3.48. The van der Waals surface area contributed by atoms with Crippen molar-refractivity contribution in [1.82, 2.24) is 4.67 Å². The predicted molar refractivity (Wildman–Crippen MR) is 162 cm³/mol. The summed E-state index contributed by atoms with van der Waals surface area (Å²) in [5.41, 5.74) is 1.05. The molecule has 0 spiro atoms. The van der Waals surface area contributed by atoms with Crippen LogP contribution < -0.4 is 4.89 Å². The van der Waals surface area contributed by atoms with Gasteiger partial charge in [-0.3, -0.25) is 4.67 Å². The molecule has 2 heterocycles. The van der Waals surface area contributed by atoms with Crippen molar-refractivity contribution in [3.63, 3.8) is 0 Å². The molecule has 0 amide bonds. The smallest absolute Gasteiger partial charge is 0.158 e. The van der Waals surface area contributed by atoms with Crippen LogP contribution in [0.5, 0.6) is 0 Å². The first-order valence-corrected chi connectivity index (χ1v) is 18.0. The molecule has 2 fully saturated rings. The molecule has 2 unspecified atom stereocenters. The molecule has 0 aromatic rings. The van der Waals surface area contributed by atoms with E-state index in [9.17, 15) is 9.46 Å². The standard InChI is InChI=1S/C16H36N.C15H28NO5P/c1-5-9-13-17(14-10-6-2,15-11-7-3)16-12-8-4;1-14(13-21-15-6-2-3-9-20-15)5-4-12-22(17,18)16-7-10-19-11-8-16/h5-16H2,1-4H3;5,15H,2-4,6-13H2,1H3,(H,17,18)/q+1;/p-1/b;14-5-. The summed E-state index contributed by atoms with van der Waals surface area (Å²) >= 11 is 0. The lowest BCUT2D eigenvalue weighted by atomic mass is 10.1. The summed E-state index contributed by atoms with van der Waals surface area (Å²) in [6.07, 6.45) is 16.8. The molecular formula is C31H63N2O5P. The van der Waals surface area contributed by atoms with Gasteiger partial charge in [0.25, 0.3) is 0 Å². The Hall–Kier alpha value is -0.270. The third kappa shape index (κ3) is 16.7. The van der Waals surface area contributed by atoms with E-state index < -0.39 is 7.52 Å². The summed E-state index contributed by atoms with van der Waals surface area (Å²) in [6, 6.07) is 0. The van der Waals surface area contributed by atoms with Crippen molar-refractivity contribution in [2.45, 2.75) is 118 Å². The van der Waals surface area contributed by atoms with E-state index in [-0.39, 0.29) is 12.5 Å². The van der Waals surface area contributed by atoms with Gasteiger partial charge in [0.15, 0.2) is 6.29 Å². The van der Waals surface area contributed by atoms with Gasteiger partial charge in [0.05, 0.1) is 53.5 Å². The minimum atomic E-state index is -3.48. The van der Waals surface area contributed by atoms with Crippen molar-refractivity contribution < 1.29 is 28.2 Å². The normalized spacial score (nSPS) is 20.8. The van der Waals surface area contributed by atoms with E-state index in [0.29, 0.717) is 39.3 Å². The number of rotatable bonds is 19. The Labute approximate surface area is 241 Å². The van der Waals surface area contributed by atoms with Gasteiger partial charge in [-0.05, 0) is 58.3 Å². The van der Waals surface area contributed by atoms with Crippen LogP contribution in [0.3, 0.4) is 0 Å². The molecule has 0 aliphatic carbocycles. The van der Waals surface area contributed by atoms with Crippen LogP contribution in [0.4, 0.5) is 0 Å². The molecule has 2 atom stereocenters. The number of quaternary nitrogens is 1. The minimum absolute atomic E-state index is 0.101. The largest absolute Gasteiger partial charge is 0.788 e. The summed E-state index contributed by atoms with van der Waals surface area (Å²) in [5, 5.41) is 0. The molecule has 7 nitrogen and oxygen atoms in total. The van der Waals surface area contributed by atoms with Crippen LogP contribution in [0, 0.1) is 0 Å². The fraction of sp³-hybridized carbons (Fsp3) is 0.935. The van der Waals surface area contributed by atoms with E-state index in [4.69, 9.17) is 14.2 Å². The van der Waals surface area contributed by atoms with E-state index in [1.54, 1.807) is 4.67 Å². The Morgan fingerprint density at radius 2 is 1.46 bits per heavy atom. The van der Waals surface area contributed by atoms with Crippen molar-refractivity contribution in [3.8, 4) is 0 Å². The molecule has 0 radical (unpaired) electrons. The Morgan fingerprint density at radius 1 is 0.923 bits per heavy atom. The highest BCUT2D eigenvalue weighted by Gasteiger charge is 2.25. The number of morpholine rings is 1. The topological polar surface area (TPSA) is 71.1 Å². The van der Waals surface area contributed by atoms with Crippen LogP contribution in [0.25, 0.3) is 0 Å². The van der Waals surface area contributed by atoms with Crippen molar-refractivity contribution in [1.29, 1.82) is 0 Å². The second-order valence-corrected chi connectivity index (χ2v) is 13.8. The third-order valence-corrected chi connectivity index (χ3v) is 9.99. The zero-order chi connectivity index (χ0) is 28.8. The molecule has 0 N–H and O–H groups in total. The maximum atomic E-state index is 12.2. The average Bonchev–Trinajstić information content (AvgIpc) is 2.96. The molecule has 2 aliphatic rings. The number of allylic oxidation sites excluding steroid dienone is 1. The van der Waals surface area contributed by atoms with Crippen molar-refractivity contribution in [2.24, 2.45) is 0 Å². The highest BCUT2D eigenvalue weighted by atomic mass is 31.2. The van der Waals surface area contributed by atoms with Gasteiger partial charge in [-0.25, -0.2) is 0 Å². The molecule has 2 aliphatic heterocycles. The number of nitrogens with zero attached hydrogens (tertiary/aromatic N) is 2. The Morgan fingerprint density at radius 3 is 1.92 bits per heavy atom. The maximum absolute atomic E-state index is 12.2. The lowest BCUT2D eigenvalue weighted by molar-refractivity contribution is -0.929. The van der Waals surface area contributed by atoms with Gasteiger partial charge in [-0.1, -0.05) is 65.0 Å². The first-order valence-electron chi connectivity index (χ1n) is 16.2. The van der Waals surface area contributed by atoms with Crippen LogP contribution in [-0.4, -0.2) is 87.3 Å². The highest BCUT2D eigenvalue weighted by Crippen LogP contribution is 2.41. The summed E-state index contributed by atoms with van der Waals surface area (Å²) in [5.74, 6) is 0. The Balaban J connectivity index is 0.000000406. The molecule has 2 rings (SSSR count). The van der Waals surface area contributed by atoms with Crippen molar-refractivity contribution >= 4 is 7.52 Å². The molecule has 2 saturated heterocycles. The van der Waals surface area contributed by atoms with E-state index >= 15 is 0 Å². The van der Waals surface area contributed by atoms with E-state index in [1.807, 2.05) is 13.0 Å². The SMILES string of the molecule is C/C(=C/CCP(=O)([O-])N1CCOCC1)COC1CCCCO1.CCCC[N+](CCCC)(CCCC)CCCC. The highest BCUT2D eigenvalue weighted by molar-refractivity contribution is 7.54. The van der Waals surface area contributed by atoms with Crippen molar-refractivity contribution in [3.05, 3.63) is 11.6 Å². The first-order chi connectivity index (χ1) is 18.8. The number of hydrogen-bond acceptors (Lipinski definition) is 5. The van der Waals surface area contributed by atoms with Gasteiger partial charge in [0.2, 0.25) is 0 Å². The molecule has 0 saturated carbocycles. The van der Waals surface area contributed by atoms with Gasteiger partial charge in [0, 0.05) is 25.9 Å². The first kappa shape index (κ1) is 36.8. The van der Waals surface area contributed by atoms with Crippen LogP contribution in [0.15, 0.2) is 11.6 Å². The number of hydrogen-bond donors (Lipinski definition) is 0. The fourth-order valence-electron chi connectivity index (χ4n) is 5.24. The number of ether oxygens (including phenoxy) is 3. The summed E-state index contributed by atoms with van der Waals surface area (Å²) in [4.78, 5) is 12.2. The lowest BCUT2D eigenvalue weighted by Crippen LogP contribution is -2.50. The Bertz CT molecular complexity index is 626. The predicted octanol–water partition coefficient (Wildman–Crippen LogP) is 6.76. The molecule has 0 aromatic carbocycles. The maximum Gasteiger partial charge on any atom is 0.158 e. The quantitative estimate of drug-likeness (QED) is 0.0965. The summed E-state index contributed by atoms with van der Waals surface area (Å²) in [6.45, 7) is 20.2. The third-order valence-electron chi connectivity index (χ3n) is 7.90. The average molecular weight is 575 g/mol. The van der Waals surface area contributed by atoms with Crippen LogP contribution in [0.1, 0.15) is 112 Å². The Kier molecular flexibility index (Phi) is 21.1. The van der Waals surface area contributed by atoms with E-state index in [0.717, 1.165) is 31.4 Å². The van der Waals surface area contributed by atoms with Crippen LogP contribution >= 0.6 is 7.52 Å². The molecule has 0 aromatic heterocycles. The molecular weight excluding hydrogens is 511 g/mol. The second kappa shape index (κ2) is 22.3. The van der Waals surface area contributed by atoms with Crippen LogP contribution in [0.2, 0.25) is 0 Å². The van der Waals surface area contributed by atoms with Gasteiger partial charge in [0.1, 0.15) is 0 Å². The van der Waals surface area contributed by atoms with Gasteiger partial charge in [-0.2, -0.15) is 0 Å². The zero-order valence-electron chi connectivity index (χ0n) is 26.3. The minimum Gasteiger partial charge on any atom is -0.788 e. The van der Waals surface area contributed by atoms with Gasteiger partial charge < -0.3 is 28.2 Å². The van der Waals surface area contributed by atoms with E-state index in [1.165, 1.54) is 82.0 Å². The number of unbranched alkanes of at least 4 members (excludes halogenated alkanes) is 4. The second-order valence-electron chi connectivity index (χ2n) is 11.5. The molecule has 232 valence electrons. The molecule has 0 bridgehead atoms. The molecule has 39 heavy (non-hydrogen) atoms. The van der Waals surface area contributed by atoms with Gasteiger partial charge in [-0.15, -0.1) is 0 Å². The van der Waals surface area contributed by atoms with Crippen LogP contribution in [-0.2, 0) is 18.8 Å². The van der Waals surface area contributed by atoms with Crippen molar-refractivity contribution in [2.75, 3.05) is 71.9 Å². The zero-order valence-corrected chi connectivity index (χ0v) is 27.2. The molecule has 8 heteroatoms. The summed E-state index contributed by atoms with van der Waals surface area (Å²) < 4.78 is 31.5.